The molecule has 1 aromatic heterocycles. The highest BCUT2D eigenvalue weighted by Gasteiger charge is 2.42. The van der Waals surface area contributed by atoms with Gasteiger partial charge in [-0.25, -0.2) is 9.97 Å². The largest absolute Gasteiger partial charge is 0.375 e. The summed E-state index contributed by atoms with van der Waals surface area (Å²) >= 11 is 0. The van der Waals surface area contributed by atoms with Gasteiger partial charge in [-0.1, -0.05) is 12.8 Å². The first-order valence-corrected chi connectivity index (χ1v) is 7.82. The van der Waals surface area contributed by atoms with Gasteiger partial charge in [0.2, 0.25) is 0 Å². The summed E-state index contributed by atoms with van der Waals surface area (Å²) in [5, 5.41) is 3.43. The van der Waals surface area contributed by atoms with Gasteiger partial charge in [0.05, 0.1) is 11.6 Å². The van der Waals surface area contributed by atoms with E-state index in [-0.39, 0.29) is 11.6 Å². The fourth-order valence-corrected chi connectivity index (χ4v) is 3.86. The molecule has 3 rings (SSSR count). The van der Waals surface area contributed by atoms with Crippen molar-refractivity contribution < 1.29 is 4.74 Å². The van der Waals surface area contributed by atoms with Gasteiger partial charge in [0.15, 0.2) is 0 Å². The average Bonchev–Trinajstić information content (AvgIpc) is 2.90. The summed E-state index contributed by atoms with van der Waals surface area (Å²) in [6.45, 7) is 2.91. The van der Waals surface area contributed by atoms with Crippen LogP contribution in [0.1, 0.15) is 56.0 Å². The summed E-state index contributed by atoms with van der Waals surface area (Å²) < 4.78 is 6.14. The van der Waals surface area contributed by atoms with Gasteiger partial charge < -0.3 is 10.1 Å². The van der Waals surface area contributed by atoms with Crippen molar-refractivity contribution in [3.8, 4) is 0 Å². The fraction of sp³-hybridized carbons (Fsp3) is 0.750. The van der Waals surface area contributed by atoms with Gasteiger partial charge in [0.25, 0.3) is 0 Å². The van der Waals surface area contributed by atoms with Crippen LogP contribution in [0.4, 0.5) is 0 Å². The monoisotopic (exact) mass is 275 g/mol. The Kier molecular flexibility index (Phi) is 4.03. The molecule has 110 valence electrons. The van der Waals surface area contributed by atoms with Crippen molar-refractivity contribution in [1.29, 1.82) is 0 Å². The van der Waals surface area contributed by atoms with E-state index in [9.17, 15) is 0 Å². The van der Waals surface area contributed by atoms with Crippen LogP contribution in [0.15, 0.2) is 12.4 Å². The van der Waals surface area contributed by atoms with E-state index < -0.39 is 0 Å². The van der Waals surface area contributed by atoms with Crippen LogP contribution in [-0.4, -0.2) is 29.2 Å². The first kappa shape index (κ1) is 14.0. The minimum Gasteiger partial charge on any atom is -0.375 e. The molecular weight excluding hydrogens is 250 g/mol. The average molecular weight is 275 g/mol. The van der Waals surface area contributed by atoms with Crippen molar-refractivity contribution in [3.05, 3.63) is 23.8 Å². The second kappa shape index (κ2) is 5.78. The lowest BCUT2D eigenvalue weighted by molar-refractivity contribution is -0.0982. The molecule has 20 heavy (non-hydrogen) atoms. The number of aromatic nitrogens is 2. The number of nitrogens with one attached hydrogen (secondary N) is 1. The minimum atomic E-state index is 0.155. The number of nitrogens with zero attached hydrogens (tertiary/aromatic N) is 2. The summed E-state index contributed by atoms with van der Waals surface area (Å²) in [6, 6.07) is 0.247. The summed E-state index contributed by atoms with van der Waals surface area (Å²) in [7, 11) is 2.02. The molecule has 2 unspecified atom stereocenters. The highest BCUT2D eigenvalue weighted by atomic mass is 16.5. The molecule has 1 N–H and O–H groups in total. The van der Waals surface area contributed by atoms with Gasteiger partial charge >= 0.3 is 0 Å². The highest BCUT2D eigenvalue weighted by molar-refractivity contribution is 5.07. The molecule has 1 aliphatic heterocycles. The van der Waals surface area contributed by atoms with Crippen LogP contribution in [0.5, 0.6) is 0 Å². The Morgan fingerprint density at radius 1 is 1.30 bits per heavy atom. The predicted octanol–water partition coefficient (Wildman–Crippen LogP) is 2.78. The third-order valence-corrected chi connectivity index (χ3v) is 4.91. The van der Waals surface area contributed by atoms with Gasteiger partial charge in [-0.2, -0.15) is 0 Å². The van der Waals surface area contributed by atoms with Crippen molar-refractivity contribution in [2.24, 2.45) is 5.92 Å². The Balaban J connectivity index is 1.76. The smallest absolute Gasteiger partial charge is 0.145 e. The number of hydrogen-bond acceptors (Lipinski definition) is 4. The van der Waals surface area contributed by atoms with Gasteiger partial charge in [0, 0.05) is 19.0 Å². The molecule has 0 radical (unpaired) electrons. The number of aryl methyl sites for hydroxylation is 1. The van der Waals surface area contributed by atoms with Crippen LogP contribution >= 0.6 is 0 Å². The molecule has 2 fully saturated rings. The van der Waals surface area contributed by atoms with E-state index >= 15 is 0 Å². The lowest BCUT2D eigenvalue weighted by atomic mass is 9.80. The maximum absolute atomic E-state index is 6.14. The topological polar surface area (TPSA) is 47.0 Å². The summed E-state index contributed by atoms with van der Waals surface area (Å²) in [5.41, 5.74) is 1.27. The van der Waals surface area contributed by atoms with E-state index in [0.29, 0.717) is 5.92 Å². The van der Waals surface area contributed by atoms with Crippen LogP contribution in [-0.2, 0) is 4.74 Å². The molecule has 2 heterocycles. The van der Waals surface area contributed by atoms with Gasteiger partial charge in [0.1, 0.15) is 5.82 Å². The third-order valence-electron chi connectivity index (χ3n) is 4.91. The summed E-state index contributed by atoms with van der Waals surface area (Å²) in [5.74, 6) is 1.51. The van der Waals surface area contributed by atoms with Crippen LogP contribution in [0.25, 0.3) is 0 Å². The number of ether oxygens (including phenoxy) is 1. The molecule has 4 nitrogen and oxygen atoms in total. The molecule has 1 spiro atoms. The van der Waals surface area contributed by atoms with Crippen LogP contribution in [0.2, 0.25) is 0 Å². The summed E-state index contributed by atoms with van der Waals surface area (Å²) in [4.78, 5) is 9.05. The molecule has 4 heteroatoms. The molecular formula is C16H25N3O. The van der Waals surface area contributed by atoms with Crippen molar-refractivity contribution in [3.63, 3.8) is 0 Å². The van der Waals surface area contributed by atoms with Gasteiger partial charge in [-0.05, 0) is 51.1 Å². The number of hydrogen-bond donors (Lipinski definition) is 1. The van der Waals surface area contributed by atoms with Gasteiger partial charge in [-0.15, -0.1) is 0 Å². The zero-order chi connectivity index (χ0) is 14.0. The molecule has 0 amide bonds. The zero-order valence-corrected chi connectivity index (χ0v) is 12.6. The molecule has 1 saturated heterocycles. The third kappa shape index (κ3) is 2.72. The van der Waals surface area contributed by atoms with E-state index in [2.05, 4.69) is 15.3 Å². The molecule has 1 saturated carbocycles. The summed E-state index contributed by atoms with van der Waals surface area (Å²) in [6.07, 6.45) is 11.2. The maximum Gasteiger partial charge on any atom is 0.145 e. The fourth-order valence-electron chi connectivity index (χ4n) is 3.86. The Bertz CT molecular complexity index is 440. The van der Waals surface area contributed by atoms with E-state index in [1.807, 2.05) is 26.4 Å². The van der Waals surface area contributed by atoms with E-state index in [0.717, 1.165) is 30.8 Å². The quantitative estimate of drug-likeness (QED) is 0.921. The standard InChI is InChI=1S/C16H25N3O/c1-12-10-18-15(19-11-12)14(17-2)13-5-8-20-16(9-13)6-3-4-7-16/h10-11,13-14,17H,3-9H2,1-2H3. The molecule has 1 aromatic rings. The van der Waals surface area contributed by atoms with Crippen molar-refractivity contribution in [2.45, 2.75) is 57.1 Å². The van der Waals surface area contributed by atoms with Crippen molar-refractivity contribution in [1.82, 2.24) is 15.3 Å². The van der Waals surface area contributed by atoms with Crippen molar-refractivity contribution in [2.75, 3.05) is 13.7 Å². The first-order valence-electron chi connectivity index (χ1n) is 7.82. The molecule has 2 aliphatic rings. The van der Waals surface area contributed by atoms with E-state index in [1.165, 1.54) is 25.7 Å². The van der Waals surface area contributed by atoms with E-state index in [4.69, 9.17) is 4.74 Å². The van der Waals surface area contributed by atoms with Crippen molar-refractivity contribution >= 4 is 0 Å². The maximum atomic E-state index is 6.14. The Morgan fingerprint density at radius 3 is 2.65 bits per heavy atom. The normalized spacial score (nSPS) is 26.8. The molecule has 0 bridgehead atoms. The predicted molar refractivity (Wildman–Crippen MR) is 78.4 cm³/mol. The van der Waals surface area contributed by atoms with Gasteiger partial charge in [-0.3, -0.25) is 0 Å². The molecule has 0 aromatic carbocycles. The molecule has 2 atom stereocenters. The minimum absolute atomic E-state index is 0.155. The lowest BCUT2D eigenvalue weighted by Gasteiger charge is -2.40. The van der Waals surface area contributed by atoms with Crippen LogP contribution < -0.4 is 5.32 Å². The lowest BCUT2D eigenvalue weighted by Crippen LogP contribution is -2.41. The SMILES string of the molecule is CNC(c1ncc(C)cn1)C1CCOC2(CCCC2)C1. The number of rotatable bonds is 3. The Labute approximate surface area is 121 Å². The Morgan fingerprint density at radius 2 is 2.00 bits per heavy atom. The zero-order valence-electron chi connectivity index (χ0n) is 12.6. The highest BCUT2D eigenvalue weighted by Crippen LogP contribution is 2.44. The van der Waals surface area contributed by atoms with E-state index in [1.54, 1.807) is 0 Å². The molecule has 1 aliphatic carbocycles. The van der Waals surface area contributed by atoms with Crippen LogP contribution in [0.3, 0.4) is 0 Å². The first-order chi connectivity index (χ1) is 9.72. The second-order valence-electron chi connectivity index (χ2n) is 6.38. The second-order valence-corrected chi connectivity index (χ2v) is 6.38. The Hall–Kier alpha value is -1.00. The van der Waals surface area contributed by atoms with Crippen LogP contribution in [0, 0.1) is 12.8 Å².